The van der Waals surface area contributed by atoms with Crippen LogP contribution in [-0.2, 0) is 9.53 Å². The van der Waals surface area contributed by atoms with Crippen LogP contribution in [0.1, 0.15) is 23.2 Å². The van der Waals surface area contributed by atoms with Crippen LogP contribution in [0.25, 0.3) is 0 Å². The zero-order valence-corrected chi connectivity index (χ0v) is 14.7. The Balaban J connectivity index is 1.53. The van der Waals surface area contributed by atoms with Gasteiger partial charge in [-0.3, -0.25) is 9.59 Å². The van der Waals surface area contributed by atoms with E-state index in [0.29, 0.717) is 24.5 Å². The third kappa shape index (κ3) is 3.28. The van der Waals surface area contributed by atoms with E-state index in [1.165, 1.54) is 0 Å². The van der Waals surface area contributed by atoms with E-state index in [4.69, 9.17) is 4.74 Å². The van der Waals surface area contributed by atoms with Gasteiger partial charge in [0, 0.05) is 49.8 Å². The number of carbonyl (C=O) groups excluding carboxylic acids is 2. The van der Waals surface area contributed by atoms with Crippen LogP contribution < -0.4 is 4.90 Å². The van der Waals surface area contributed by atoms with E-state index in [-0.39, 0.29) is 17.9 Å². The molecule has 1 aromatic rings. The molecule has 0 saturated carbocycles. The molecule has 25 heavy (non-hydrogen) atoms. The van der Waals surface area contributed by atoms with E-state index in [1.807, 2.05) is 29.2 Å². The number of hydrogen-bond donors (Lipinski definition) is 0. The normalized spacial score (nSPS) is 27.5. The summed E-state index contributed by atoms with van der Waals surface area (Å²) in [5.74, 6) is 0.596. The monoisotopic (exact) mass is 343 g/mol. The van der Waals surface area contributed by atoms with Gasteiger partial charge in [-0.2, -0.15) is 0 Å². The molecule has 6 heteroatoms. The van der Waals surface area contributed by atoms with Crippen molar-refractivity contribution >= 4 is 17.5 Å². The van der Waals surface area contributed by atoms with Crippen LogP contribution in [0.15, 0.2) is 24.3 Å². The second kappa shape index (κ2) is 6.77. The predicted octanol–water partition coefficient (Wildman–Crippen LogP) is 1.22. The first-order chi connectivity index (χ1) is 12.1. The number of anilines is 1. The molecule has 0 unspecified atom stereocenters. The average Bonchev–Trinajstić information content (AvgIpc) is 2.83. The lowest BCUT2D eigenvalue weighted by Gasteiger charge is -2.30. The number of benzene rings is 1. The number of likely N-dealkylation sites (N-methyl/N-ethyl adjacent to an activating group) is 1. The Hall–Kier alpha value is -1.92. The molecule has 2 amide bonds. The molecule has 4 rings (SSSR count). The molecule has 2 atom stereocenters. The van der Waals surface area contributed by atoms with Crippen molar-refractivity contribution in [3.05, 3.63) is 29.8 Å². The summed E-state index contributed by atoms with van der Waals surface area (Å²) >= 11 is 0. The lowest BCUT2D eigenvalue weighted by Crippen LogP contribution is -2.45. The summed E-state index contributed by atoms with van der Waals surface area (Å²) in [5.41, 5.74) is 1.57. The summed E-state index contributed by atoms with van der Waals surface area (Å²) in [6.07, 6.45) is 1.52. The number of fused-ring (bicyclic) bond motifs is 3. The van der Waals surface area contributed by atoms with Crippen LogP contribution in [0, 0.1) is 5.92 Å². The highest BCUT2D eigenvalue weighted by molar-refractivity contribution is 5.97. The Labute approximate surface area is 148 Å². The van der Waals surface area contributed by atoms with E-state index in [0.717, 1.165) is 44.9 Å². The standard InChI is InChI=1S/C19H25N3O3/c1-20-9-14-10-22(17(11-20)13-25-12-14)19(24)15-4-6-16(7-5-15)21-8-2-3-18(21)23/h4-7,14,17H,2-3,8-13H2,1H3/t14-,17-/m0/s1. The molecular formula is C19H25N3O3. The molecule has 134 valence electrons. The van der Waals surface area contributed by atoms with Gasteiger partial charge in [0.2, 0.25) is 5.91 Å². The summed E-state index contributed by atoms with van der Waals surface area (Å²) in [4.78, 5) is 31.0. The minimum Gasteiger partial charge on any atom is -0.379 e. The van der Waals surface area contributed by atoms with E-state index >= 15 is 0 Å². The second-order valence-electron chi connectivity index (χ2n) is 7.43. The molecule has 0 radical (unpaired) electrons. The highest BCUT2D eigenvalue weighted by Crippen LogP contribution is 2.24. The molecule has 0 aliphatic carbocycles. The molecular weight excluding hydrogens is 318 g/mol. The summed E-state index contributed by atoms with van der Waals surface area (Å²) in [7, 11) is 2.11. The van der Waals surface area contributed by atoms with Crippen molar-refractivity contribution in [2.45, 2.75) is 18.9 Å². The van der Waals surface area contributed by atoms with Gasteiger partial charge in [-0.1, -0.05) is 0 Å². The van der Waals surface area contributed by atoms with Gasteiger partial charge in [-0.25, -0.2) is 0 Å². The number of hydrogen-bond acceptors (Lipinski definition) is 4. The summed E-state index contributed by atoms with van der Waals surface area (Å²) < 4.78 is 5.76. The fourth-order valence-corrected chi connectivity index (χ4v) is 4.20. The zero-order valence-electron chi connectivity index (χ0n) is 14.7. The van der Waals surface area contributed by atoms with Crippen molar-refractivity contribution in [2.24, 2.45) is 5.92 Å². The van der Waals surface area contributed by atoms with Crippen LogP contribution in [0.4, 0.5) is 5.69 Å². The van der Waals surface area contributed by atoms with Crippen LogP contribution in [0.5, 0.6) is 0 Å². The van der Waals surface area contributed by atoms with Crippen LogP contribution in [0.2, 0.25) is 0 Å². The quantitative estimate of drug-likeness (QED) is 0.810. The molecule has 6 nitrogen and oxygen atoms in total. The van der Waals surface area contributed by atoms with Crippen molar-refractivity contribution in [3.63, 3.8) is 0 Å². The maximum atomic E-state index is 13.1. The summed E-state index contributed by atoms with van der Waals surface area (Å²) in [6.45, 7) is 4.67. The largest absolute Gasteiger partial charge is 0.379 e. The number of nitrogens with zero attached hydrogens (tertiary/aromatic N) is 3. The Morgan fingerprint density at radius 1 is 1.12 bits per heavy atom. The molecule has 1 aromatic carbocycles. The topological polar surface area (TPSA) is 53.1 Å². The van der Waals surface area contributed by atoms with Gasteiger partial charge >= 0.3 is 0 Å². The van der Waals surface area contributed by atoms with Gasteiger partial charge < -0.3 is 19.4 Å². The smallest absolute Gasteiger partial charge is 0.254 e. The third-order valence-electron chi connectivity index (χ3n) is 5.41. The van der Waals surface area contributed by atoms with Crippen LogP contribution >= 0.6 is 0 Å². The van der Waals surface area contributed by atoms with Crippen LogP contribution in [-0.4, -0.2) is 74.1 Å². The Morgan fingerprint density at radius 3 is 2.64 bits per heavy atom. The first-order valence-electron chi connectivity index (χ1n) is 9.09. The maximum Gasteiger partial charge on any atom is 0.254 e. The highest BCUT2D eigenvalue weighted by atomic mass is 16.5. The molecule has 2 bridgehead atoms. The van der Waals surface area contributed by atoms with E-state index in [9.17, 15) is 9.59 Å². The van der Waals surface area contributed by atoms with E-state index in [1.54, 1.807) is 4.90 Å². The zero-order chi connectivity index (χ0) is 17.4. The van der Waals surface area contributed by atoms with Gasteiger partial charge in [0.1, 0.15) is 0 Å². The minimum absolute atomic E-state index is 0.0649. The Morgan fingerprint density at radius 2 is 1.92 bits per heavy atom. The van der Waals surface area contributed by atoms with E-state index < -0.39 is 0 Å². The maximum absolute atomic E-state index is 13.1. The third-order valence-corrected chi connectivity index (χ3v) is 5.41. The molecule has 3 heterocycles. The summed E-state index contributed by atoms with van der Waals surface area (Å²) in [6, 6.07) is 7.59. The minimum atomic E-state index is 0.0649. The van der Waals surface area contributed by atoms with Gasteiger partial charge in [0.15, 0.2) is 0 Å². The number of carbonyl (C=O) groups is 2. The van der Waals surface area contributed by atoms with Gasteiger partial charge in [0.25, 0.3) is 5.91 Å². The highest BCUT2D eigenvalue weighted by Gasteiger charge is 2.35. The molecule has 3 fully saturated rings. The molecule has 0 N–H and O–H groups in total. The van der Waals surface area contributed by atoms with Crippen molar-refractivity contribution in [2.75, 3.05) is 51.3 Å². The van der Waals surface area contributed by atoms with E-state index in [2.05, 4.69) is 11.9 Å². The van der Waals surface area contributed by atoms with Crippen molar-refractivity contribution in [3.8, 4) is 0 Å². The first-order valence-corrected chi connectivity index (χ1v) is 9.09. The average molecular weight is 343 g/mol. The van der Waals surface area contributed by atoms with Gasteiger partial charge in [-0.15, -0.1) is 0 Å². The number of amides is 2. The second-order valence-corrected chi connectivity index (χ2v) is 7.43. The van der Waals surface area contributed by atoms with Crippen molar-refractivity contribution in [1.29, 1.82) is 0 Å². The summed E-state index contributed by atoms with van der Waals surface area (Å²) in [5, 5.41) is 0. The fourth-order valence-electron chi connectivity index (χ4n) is 4.20. The SMILES string of the molecule is CN1C[C@@H]2COC[C@H](C1)N(C(=O)c1ccc(N3CCCC3=O)cc1)C2. The predicted molar refractivity (Wildman–Crippen MR) is 94.7 cm³/mol. The molecule has 3 aliphatic rings. The Kier molecular flexibility index (Phi) is 4.48. The Bertz CT molecular complexity index is 660. The van der Waals surface area contributed by atoms with Crippen LogP contribution in [0.3, 0.4) is 0 Å². The van der Waals surface area contributed by atoms with Gasteiger partial charge in [-0.05, 0) is 37.7 Å². The van der Waals surface area contributed by atoms with Crippen molar-refractivity contribution < 1.29 is 14.3 Å². The first kappa shape index (κ1) is 16.5. The lowest BCUT2D eigenvalue weighted by molar-refractivity contribution is -0.117. The molecule has 3 saturated heterocycles. The van der Waals surface area contributed by atoms with Gasteiger partial charge in [0.05, 0.1) is 19.3 Å². The van der Waals surface area contributed by atoms with Crippen molar-refractivity contribution in [1.82, 2.24) is 9.80 Å². The molecule has 3 aliphatic heterocycles. The molecule has 0 aromatic heterocycles. The lowest BCUT2D eigenvalue weighted by atomic mass is 10.1. The fraction of sp³-hybridized carbons (Fsp3) is 0.579. The number of rotatable bonds is 2. The molecule has 0 spiro atoms. The number of ether oxygens (including phenoxy) is 1.